The molecule has 0 saturated heterocycles. The number of aromatic nitrogens is 1. The predicted octanol–water partition coefficient (Wildman–Crippen LogP) is 2.43. The van der Waals surface area contributed by atoms with E-state index in [2.05, 4.69) is 11.9 Å². The maximum absolute atomic E-state index is 11.4. The number of rotatable bonds is 3. The average Bonchev–Trinajstić information content (AvgIpc) is 2.94. The SMILES string of the molecule is CC1CC1C(=O)OCc1ccc(Cl)nc1. The Morgan fingerprint density at radius 2 is 2.40 bits per heavy atom. The van der Waals surface area contributed by atoms with Crippen molar-refractivity contribution in [3.8, 4) is 0 Å². The summed E-state index contributed by atoms with van der Waals surface area (Å²) in [4.78, 5) is 15.3. The van der Waals surface area contributed by atoms with E-state index in [0.717, 1.165) is 12.0 Å². The number of hydrogen-bond acceptors (Lipinski definition) is 3. The Balaban J connectivity index is 1.82. The molecule has 0 radical (unpaired) electrons. The molecule has 1 aliphatic carbocycles. The summed E-state index contributed by atoms with van der Waals surface area (Å²) in [6.07, 6.45) is 2.57. The van der Waals surface area contributed by atoms with Crippen molar-refractivity contribution in [1.29, 1.82) is 0 Å². The number of ether oxygens (including phenoxy) is 1. The molecule has 15 heavy (non-hydrogen) atoms. The summed E-state index contributed by atoms with van der Waals surface area (Å²) in [5.74, 6) is 0.503. The van der Waals surface area contributed by atoms with Crippen LogP contribution in [-0.4, -0.2) is 11.0 Å². The third-order valence-electron chi connectivity index (χ3n) is 2.58. The molecule has 0 aliphatic heterocycles. The topological polar surface area (TPSA) is 39.2 Å². The number of hydrogen-bond donors (Lipinski definition) is 0. The van der Waals surface area contributed by atoms with Crippen LogP contribution in [0.25, 0.3) is 0 Å². The Bertz CT molecular complexity index is 363. The lowest BCUT2D eigenvalue weighted by Crippen LogP contribution is -2.07. The summed E-state index contributed by atoms with van der Waals surface area (Å²) in [6, 6.07) is 3.49. The molecule has 0 bridgehead atoms. The fourth-order valence-electron chi connectivity index (χ4n) is 1.40. The number of nitrogens with zero attached hydrogens (tertiary/aromatic N) is 1. The maximum atomic E-state index is 11.4. The molecule has 1 aromatic rings. The molecule has 1 aromatic heterocycles. The van der Waals surface area contributed by atoms with Gasteiger partial charge in [0.25, 0.3) is 0 Å². The van der Waals surface area contributed by atoms with Crippen molar-refractivity contribution in [2.45, 2.75) is 20.0 Å². The molecule has 3 nitrogen and oxygen atoms in total. The number of pyridine rings is 1. The highest BCUT2D eigenvalue weighted by atomic mass is 35.5. The van der Waals surface area contributed by atoms with E-state index < -0.39 is 0 Å². The zero-order valence-corrected chi connectivity index (χ0v) is 9.20. The maximum Gasteiger partial charge on any atom is 0.309 e. The Hall–Kier alpha value is -1.09. The standard InChI is InChI=1S/C11H12ClNO2/c1-7-4-9(7)11(14)15-6-8-2-3-10(12)13-5-8/h2-3,5,7,9H,4,6H2,1H3. The summed E-state index contributed by atoms with van der Waals surface area (Å²) in [7, 11) is 0. The van der Waals surface area contributed by atoms with Gasteiger partial charge in [-0.15, -0.1) is 0 Å². The molecule has 80 valence electrons. The number of carbonyl (C=O) groups excluding carboxylic acids is 1. The van der Waals surface area contributed by atoms with E-state index in [1.54, 1.807) is 18.3 Å². The van der Waals surface area contributed by atoms with Crippen LogP contribution in [0.3, 0.4) is 0 Å². The molecule has 1 fully saturated rings. The smallest absolute Gasteiger partial charge is 0.309 e. The van der Waals surface area contributed by atoms with Crippen molar-refractivity contribution in [1.82, 2.24) is 4.98 Å². The highest BCUT2D eigenvalue weighted by Crippen LogP contribution is 2.38. The fraction of sp³-hybridized carbons (Fsp3) is 0.455. The highest BCUT2D eigenvalue weighted by molar-refractivity contribution is 6.29. The molecule has 0 spiro atoms. The third kappa shape index (κ3) is 2.69. The quantitative estimate of drug-likeness (QED) is 0.586. The van der Waals surface area contributed by atoms with Crippen molar-refractivity contribution in [2.75, 3.05) is 0 Å². The average molecular weight is 226 g/mol. The van der Waals surface area contributed by atoms with Gasteiger partial charge in [0.05, 0.1) is 5.92 Å². The molecule has 1 heterocycles. The summed E-state index contributed by atoms with van der Waals surface area (Å²) >= 11 is 5.64. The number of carbonyl (C=O) groups is 1. The first-order valence-corrected chi connectivity index (χ1v) is 5.31. The molecule has 1 aliphatic rings. The van der Waals surface area contributed by atoms with Gasteiger partial charge in [0.1, 0.15) is 11.8 Å². The van der Waals surface area contributed by atoms with Gasteiger partial charge in [-0.25, -0.2) is 4.98 Å². The molecule has 4 heteroatoms. The van der Waals surface area contributed by atoms with Gasteiger partial charge in [-0.2, -0.15) is 0 Å². The van der Waals surface area contributed by atoms with E-state index in [-0.39, 0.29) is 18.5 Å². The molecule has 2 atom stereocenters. The molecular formula is C11H12ClNO2. The monoisotopic (exact) mass is 225 g/mol. The van der Waals surface area contributed by atoms with Gasteiger partial charge < -0.3 is 4.74 Å². The van der Waals surface area contributed by atoms with E-state index in [1.165, 1.54) is 0 Å². The fourth-order valence-corrected chi connectivity index (χ4v) is 1.52. The second-order valence-corrected chi connectivity index (χ2v) is 4.30. The van der Waals surface area contributed by atoms with Gasteiger partial charge >= 0.3 is 5.97 Å². The van der Waals surface area contributed by atoms with Gasteiger partial charge in [0, 0.05) is 11.8 Å². The van der Waals surface area contributed by atoms with Crippen molar-refractivity contribution in [2.24, 2.45) is 11.8 Å². The molecule has 0 amide bonds. The van der Waals surface area contributed by atoms with Crippen molar-refractivity contribution >= 4 is 17.6 Å². The first kappa shape index (κ1) is 10.4. The predicted molar refractivity (Wildman–Crippen MR) is 56.3 cm³/mol. The van der Waals surface area contributed by atoms with Crippen LogP contribution in [0.15, 0.2) is 18.3 Å². The zero-order chi connectivity index (χ0) is 10.8. The van der Waals surface area contributed by atoms with Crippen molar-refractivity contribution in [3.05, 3.63) is 29.0 Å². The lowest BCUT2D eigenvalue weighted by Gasteiger charge is -2.03. The van der Waals surface area contributed by atoms with Crippen LogP contribution in [0.5, 0.6) is 0 Å². The van der Waals surface area contributed by atoms with Crippen LogP contribution < -0.4 is 0 Å². The number of esters is 1. The first-order chi connectivity index (χ1) is 7.16. The Kier molecular flexibility index (Phi) is 2.91. The van der Waals surface area contributed by atoms with Gasteiger partial charge in [0.2, 0.25) is 0 Å². The largest absolute Gasteiger partial charge is 0.461 e. The Labute approximate surface area is 93.4 Å². The minimum atomic E-state index is -0.0996. The van der Waals surface area contributed by atoms with Gasteiger partial charge in [-0.1, -0.05) is 24.6 Å². The van der Waals surface area contributed by atoms with Crippen molar-refractivity contribution in [3.63, 3.8) is 0 Å². The molecule has 1 saturated carbocycles. The molecule has 2 unspecified atom stereocenters. The van der Waals surface area contributed by atoms with Crippen molar-refractivity contribution < 1.29 is 9.53 Å². The van der Waals surface area contributed by atoms with E-state index in [4.69, 9.17) is 16.3 Å². The Morgan fingerprint density at radius 1 is 1.67 bits per heavy atom. The second kappa shape index (κ2) is 4.19. The summed E-state index contributed by atoms with van der Waals surface area (Å²) in [5.41, 5.74) is 0.862. The van der Waals surface area contributed by atoms with Crippen LogP contribution >= 0.6 is 11.6 Å². The van der Waals surface area contributed by atoms with E-state index in [9.17, 15) is 4.79 Å². The van der Waals surface area contributed by atoms with Crippen LogP contribution in [0.1, 0.15) is 18.9 Å². The molecule has 0 N–H and O–H groups in total. The van der Waals surface area contributed by atoms with Crippen LogP contribution in [0, 0.1) is 11.8 Å². The zero-order valence-electron chi connectivity index (χ0n) is 8.44. The van der Waals surface area contributed by atoms with E-state index in [0.29, 0.717) is 11.1 Å². The normalized spacial score (nSPS) is 23.6. The highest BCUT2D eigenvalue weighted by Gasteiger charge is 2.40. The van der Waals surface area contributed by atoms with Crippen LogP contribution in [0.4, 0.5) is 0 Å². The lowest BCUT2D eigenvalue weighted by molar-refractivity contribution is -0.146. The minimum Gasteiger partial charge on any atom is -0.461 e. The lowest BCUT2D eigenvalue weighted by atomic mass is 10.3. The minimum absolute atomic E-state index is 0.0996. The van der Waals surface area contributed by atoms with E-state index >= 15 is 0 Å². The van der Waals surface area contributed by atoms with Crippen LogP contribution in [-0.2, 0) is 16.1 Å². The van der Waals surface area contributed by atoms with Crippen LogP contribution in [0.2, 0.25) is 5.15 Å². The second-order valence-electron chi connectivity index (χ2n) is 3.92. The molecule has 0 aromatic carbocycles. The molecular weight excluding hydrogens is 214 g/mol. The third-order valence-corrected chi connectivity index (χ3v) is 2.81. The van der Waals surface area contributed by atoms with E-state index in [1.807, 2.05) is 0 Å². The molecule has 2 rings (SSSR count). The Morgan fingerprint density at radius 3 is 2.93 bits per heavy atom. The summed E-state index contributed by atoms with van der Waals surface area (Å²) in [5, 5.41) is 0.445. The van der Waals surface area contributed by atoms with Gasteiger partial charge in [-0.3, -0.25) is 4.79 Å². The van der Waals surface area contributed by atoms with Gasteiger partial charge in [0.15, 0.2) is 0 Å². The van der Waals surface area contributed by atoms with Gasteiger partial charge in [-0.05, 0) is 18.4 Å². The summed E-state index contributed by atoms with van der Waals surface area (Å²) < 4.78 is 5.14. The summed E-state index contributed by atoms with van der Waals surface area (Å²) in [6.45, 7) is 2.34. The first-order valence-electron chi connectivity index (χ1n) is 4.94. The number of halogens is 1.